The van der Waals surface area contributed by atoms with Crippen LogP contribution in [0.4, 0.5) is 5.69 Å². The molecule has 1 heterocycles. The summed E-state index contributed by atoms with van der Waals surface area (Å²) in [5.74, 6) is 0.703. The summed E-state index contributed by atoms with van der Waals surface area (Å²) in [6, 6.07) is 12.7. The number of nitro groups is 1. The van der Waals surface area contributed by atoms with Gasteiger partial charge in [-0.15, -0.1) is 0 Å². The molecule has 0 saturated carbocycles. The number of hydrogen-bond acceptors (Lipinski definition) is 4. The highest BCUT2D eigenvalue weighted by atomic mass is 16.6. The largest absolute Gasteiger partial charge is 0.496 e. The molecular weight excluding hydrogens is 304 g/mol. The highest BCUT2D eigenvalue weighted by Crippen LogP contribution is 2.36. The second kappa shape index (κ2) is 7.17. The van der Waals surface area contributed by atoms with Crippen molar-refractivity contribution in [1.29, 1.82) is 0 Å². The summed E-state index contributed by atoms with van der Waals surface area (Å²) in [6.07, 6.45) is 6.15. The van der Waals surface area contributed by atoms with Gasteiger partial charge in [-0.3, -0.25) is 10.1 Å². The molecule has 3 rings (SSSR count). The molecule has 0 radical (unpaired) electrons. The molecule has 5 nitrogen and oxygen atoms in total. The third kappa shape index (κ3) is 3.25. The Morgan fingerprint density at radius 1 is 1.08 bits per heavy atom. The molecule has 1 saturated heterocycles. The Labute approximate surface area is 141 Å². The van der Waals surface area contributed by atoms with Crippen molar-refractivity contribution < 1.29 is 9.66 Å². The van der Waals surface area contributed by atoms with E-state index in [1.54, 1.807) is 19.2 Å². The predicted molar refractivity (Wildman–Crippen MR) is 94.9 cm³/mol. The van der Waals surface area contributed by atoms with Crippen LogP contribution in [0.25, 0.3) is 17.2 Å². The Morgan fingerprint density at radius 2 is 1.79 bits per heavy atom. The van der Waals surface area contributed by atoms with Gasteiger partial charge in [0, 0.05) is 24.7 Å². The number of rotatable bonds is 5. The summed E-state index contributed by atoms with van der Waals surface area (Å²) in [4.78, 5) is 13.3. The van der Waals surface area contributed by atoms with Gasteiger partial charge in [0.05, 0.1) is 17.6 Å². The van der Waals surface area contributed by atoms with Crippen LogP contribution in [0.2, 0.25) is 0 Å². The molecule has 0 aliphatic carbocycles. The van der Waals surface area contributed by atoms with Crippen LogP contribution in [0, 0.1) is 10.1 Å². The van der Waals surface area contributed by atoms with E-state index in [4.69, 9.17) is 4.74 Å². The maximum Gasteiger partial charge on any atom is 0.277 e. The lowest BCUT2D eigenvalue weighted by atomic mass is 9.97. The second-order valence-electron chi connectivity index (χ2n) is 5.75. The first-order valence-corrected chi connectivity index (χ1v) is 8.04. The topological polar surface area (TPSA) is 55.6 Å². The minimum absolute atomic E-state index is 0.105. The van der Waals surface area contributed by atoms with E-state index in [1.165, 1.54) is 12.8 Å². The number of para-hydroxylation sites is 1. The lowest BCUT2D eigenvalue weighted by molar-refractivity contribution is -0.385. The summed E-state index contributed by atoms with van der Waals surface area (Å²) < 4.78 is 5.43. The van der Waals surface area contributed by atoms with E-state index in [0.29, 0.717) is 11.3 Å². The summed E-state index contributed by atoms with van der Waals surface area (Å²) in [5.41, 5.74) is 2.37. The van der Waals surface area contributed by atoms with Crippen molar-refractivity contribution in [3.05, 3.63) is 64.3 Å². The van der Waals surface area contributed by atoms with Gasteiger partial charge in [0.1, 0.15) is 5.75 Å². The van der Waals surface area contributed by atoms with Crippen LogP contribution >= 0.6 is 0 Å². The van der Waals surface area contributed by atoms with Crippen LogP contribution in [0.1, 0.15) is 18.4 Å². The Bertz CT molecular complexity index is 765. The van der Waals surface area contributed by atoms with Gasteiger partial charge >= 0.3 is 0 Å². The van der Waals surface area contributed by atoms with Crippen LogP contribution in [0.3, 0.4) is 0 Å². The predicted octanol–water partition coefficient (Wildman–Crippen LogP) is 4.34. The summed E-state index contributed by atoms with van der Waals surface area (Å²) in [6.45, 7) is 2.00. The average Bonchev–Trinajstić information content (AvgIpc) is 3.13. The first-order valence-electron chi connectivity index (χ1n) is 8.04. The van der Waals surface area contributed by atoms with Crippen molar-refractivity contribution in [2.24, 2.45) is 0 Å². The van der Waals surface area contributed by atoms with E-state index in [-0.39, 0.29) is 10.6 Å². The second-order valence-corrected chi connectivity index (χ2v) is 5.75. The van der Waals surface area contributed by atoms with Gasteiger partial charge < -0.3 is 9.64 Å². The molecule has 0 spiro atoms. The monoisotopic (exact) mass is 324 g/mol. The molecule has 5 heteroatoms. The third-order valence-corrected chi connectivity index (χ3v) is 4.27. The smallest absolute Gasteiger partial charge is 0.277 e. The van der Waals surface area contributed by atoms with E-state index in [0.717, 1.165) is 24.2 Å². The van der Waals surface area contributed by atoms with Gasteiger partial charge in [0.25, 0.3) is 5.69 Å². The highest BCUT2D eigenvalue weighted by molar-refractivity contribution is 5.83. The number of benzene rings is 2. The Balaban J connectivity index is 2.11. The molecule has 24 heavy (non-hydrogen) atoms. The Kier molecular flexibility index (Phi) is 4.79. The van der Waals surface area contributed by atoms with Gasteiger partial charge in [0.2, 0.25) is 0 Å². The molecule has 2 aromatic carbocycles. The number of ether oxygens (including phenoxy) is 1. The molecule has 0 unspecified atom stereocenters. The molecule has 0 amide bonds. The zero-order valence-electron chi connectivity index (χ0n) is 13.6. The van der Waals surface area contributed by atoms with E-state index >= 15 is 0 Å². The molecule has 0 bridgehead atoms. The normalized spacial score (nSPS) is 14.3. The van der Waals surface area contributed by atoms with Crippen LogP contribution < -0.4 is 4.74 Å². The number of nitrogens with zero attached hydrogens (tertiary/aromatic N) is 2. The van der Waals surface area contributed by atoms with Crippen molar-refractivity contribution in [3.63, 3.8) is 0 Å². The van der Waals surface area contributed by atoms with Gasteiger partial charge in [-0.05, 0) is 36.7 Å². The van der Waals surface area contributed by atoms with Crippen LogP contribution in [-0.4, -0.2) is 30.0 Å². The first kappa shape index (κ1) is 16.1. The van der Waals surface area contributed by atoms with Gasteiger partial charge in [0.15, 0.2) is 0 Å². The van der Waals surface area contributed by atoms with Crippen molar-refractivity contribution in [2.75, 3.05) is 20.2 Å². The minimum atomic E-state index is -0.331. The van der Waals surface area contributed by atoms with E-state index in [1.807, 2.05) is 42.6 Å². The fourth-order valence-electron chi connectivity index (χ4n) is 3.06. The quantitative estimate of drug-likeness (QED) is 0.606. The number of likely N-dealkylation sites (tertiary alicyclic amines) is 1. The summed E-state index contributed by atoms with van der Waals surface area (Å²) >= 11 is 0. The fraction of sp³-hybridized carbons (Fsp3) is 0.263. The molecule has 0 N–H and O–H groups in total. The number of hydrogen-bond donors (Lipinski definition) is 0. The molecule has 1 aliphatic heterocycles. The van der Waals surface area contributed by atoms with Crippen molar-refractivity contribution >= 4 is 11.8 Å². The average molecular weight is 324 g/mol. The molecule has 124 valence electrons. The summed E-state index contributed by atoms with van der Waals surface area (Å²) in [5, 5.41) is 11.5. The lowest BCUT2D eigenvalue weighted by Gasteiger charge is -2.13. The molecule has 0 atom stereocenters. The third-order valence-electron chi connectivity index (χ3n) is 4.27. The fourth-order valence-corrected chi connectivity index (χ4v) is 3.06. The molecule has 1 fully saturated rings. The SMILES string of the molecule is COc1ccccc1-c1cccc([N+](=O)[O-])c1/C=C/N1CCCC1. The molecule has 2 aromatic rings. The Hall–Kier alpha value is -2.82. The minimum Gasteiger partial charge on any atom is -0.496 e. The zero-order chi connectivity index (χ0) is 16.9. The molecule has 0 aromatic heterocycles. The van der Waals surface area contributed by atoms with E-state index in [9.17, 15) is 10.1 Å². The van der Waals surface area contributed by atoms with Crippen LogP contribution in [0.5, 0.6) is 5.75 Å². The number of nitro benzene ring substituents is 1. The molecular formula is C19H20N2O3. The van der Waals surface area contributed by atoms with Gasteiger partial charge in [-0.25, -0.2) is 0 Å². The van der Waals surface area contributed by atoms with Crippen LogP contribution in [0.15, 0.2) is 48.7 Å². The van der Waals surface area contributed by atoms with E-state index < -0.39 is 0 Å². The maximum atomic E-state index is 11.5. The lowest BCUT2D eigenvalue weighted by Crippen LogP contribution is -2.10. The highest BCUT2D eigenvalue weighted by Gasteiger charge is 2.18. The van der Waals surface area contributed by atoms with Crippen LogP contribution in [-0.2, 0) is 0 Å². The van der Waals surface area contributed by atoms with Crippen molar-refractivity contribution in [3.8, 4) is 16.9 Å². The van der Waals surface area contributed by atoms with Gasteiger partial charge in [-0.1, -0.05) is 30.3 Å². The zero-order valence-corrected chi connectivity index (χ0v) is 13.6. The summed E-state index contributed by atoms with van der Waals surface area (Å²) in [7, 11) is 1.61. The van der Waals surface area contributed by atoms with E-state index in [2.05, 4.69) is 4.90 Å². The van der Waals surface area contributed by atoms with Crippen molar-refractivity contribution in [2.45, 2.75) is 12.8 Å². The number of methoxy groups -OCH3 is 1. The first-order chi connectivity index (χ1) is 11.7. The van der Waals surface area contributed by atoms with Gasteiger partial charge in [-0.2, -0.15) is 0 Å². The standard InChI is InChI=1S/C19H20N2O3/c1-24-19-10-3-2-7-17(19)15-8-6-9-18(21(22)23)16(15)11-14-20-12-4-5-13-20/h2-3,6-11,14H,4-5,12-13H2,1H3/b14-11+. The molecule has 1 aliphatic rings. The maximum absolute atomic E-state index is 11.5. The van der Waals surface area contributed by atoms with Crippen molar-refractivity contribution in [1.82, 2.24) is 4.90 Å². The Morgan fingerprint density at radius 3 is 2.50 bits per heavy atom.